The zero-order valence-corrected chi connectivity index (χ0v) is 35.9. The van der Waals surface area contributed by atoms with Gasteiger partial charge in [0.25, 0.3) is 0 Å². The Morgan fingerprint density at radius 2 is 0.781 bits per heavy atom. The third kappa shape index (κ3) is 5.27. The summed E-state index contributed by atoms with van der Waals surface area (Å²) in [6.45, 7) is 0. The number of furan rings is 1. The second-order valence-corrected chi connectivity index (χ2v) is 20.6. The van der Waals surface area contributed by atoms with Gasteiger partial charge in [0.15, 0.2) is 8.07 Å². The zero-order valence-electron chi connectivity index (χ0n) is 34.9. The number of rotatable bonds is 7. The van der Waals surface area contributed by atoms with Gasteiger partial charge in [-0.05, 0) is 74.8 Å². The molecule has 13 aromatic rings. The topological polar surface area (TPSA) is 23.0 Å². The van der Waals surface area contributed by atoms with Crippen molar-refractivity contribution in [1.29, 1.82) is 0 Å². The van der Waals surface area contributed by atoms with E-state index in [1.807, 2.05) is 6.07 Å². The summed E-state index contributed by atoms with van der Waals surface area (Å²) in [5.74, 6) is 0. The van der Waals surface area contributed by atoms with Crippen molar-refractivity contribution >= 4 is 94.4 Å². The van der Waals surface area contributed by atoms with Gasteiger partial charge in [0.1, 0.15) is 11.2 Å². The number of benzene rings is 10. The van der Waals surface area contributed by atoms with Crippen LogP contribution in [-0.2, 0) is 0 Å². The average Bonchev–Trinajstić information content (AvgIpc) is 4.04. The van der Waals surface area contributed by atoms with E-state index >= 15 is 0 Å². The van der Waals surface area contributed by atoms with Crippen molar-refractivity contribution in [2.75, 3.05) is 0 Å². The van der Waals surface area contributed by atoms with Gasteiger partial charge in [0.2, 0.25) is 0 Å². The summed E-state index contributed by atoms with van der Waals surface area (Å²) in [6, 6.07) is 89.1. The first-order valence-electron chi connectivity index (χ1n) is 22.0. The van der Waals surface area contributed by atoms with Crippen molar-refractivity contribution in [1.82, 2.24) is 9.13 Å². The second-order valence-electron chi connectivity index (χ2n) is 16.8. The zero-order chi connectivity index (χ0) is 42.2. The van der Waals surface area contributed by atoms with E-state index in [9.17, 15) is 0 Å². The van der Waals surface area contributed by atoms with Crippen LogP contribution < -0.4 is 20.7 Å². The summed E-state index contributed by atoms with van der Waals surface area (Å²) in [7, 11) is -2.78. The molecule has 0 fully saturated rings. The van der Waals surface area contributed by atoms with E-state index in [2.05, 4.69) is 246 Å². The molecule has 0 aliphatic rings. The molecule has 0 spiro atoms. The largest absolute Gasteiger partial charge is 0.455 e. The molecular formula is C60H40N2OSi. The lowest BCUT2D eigenvalue weighted by atomic mass is 9.97. The van der Waals surface area contributed by atoms with Gasteiger partial charge < -0.3 is 13.6 Å². The minimum Gasteiger partial charge on any atom is -0.455 e. The van der Waals surface area contributed by atoms with Crippen LogP contribution in [0.1, 0.15) is 0 Å². The fourth-order valence-corrected chi connectivity index (χ4v) is 15.7. The summed E-state index contributed by atoms with van der Waals surface area (Å²) >= 11 is 0. The van der Waals surface area contributed by atoms with Gasteiger partial charge >= 0.3 is 0 Å². The normalized spacial score (nSPS) is 12.1. The Hall–Kier alpha value is -8.18. The Balaban J connectivity index is 1.07. The first-order valence-corrected chi connectivity index (χ1v) is 24.0. The molecule has 13 rings (SSSR count). The Morgan fingerprint density at radius 3 is 1.47 bits per heavy atom. The Bertz CT molecular complexity index is 3800. The van der Waals surface area contributed by atoms with Gasteiger partial charge in [-0.15, -0.1) is 0 Å². The van der Waals surface area contributed by atoms with E-state index in [1.165, 1.54) is 47.8 Å². The smallest absolute Gasteiger partial charge is 0.179 e. The van der Waals surface area contributed by atoms with E-state index < -0.39 is 8.07 Å². The van der Waals surface area contributed by atoms with Gasteiger partial charge in [-0.1, -0.05) is 194 Å². The third-order valence-electron chi connectivity index (χ3n) is 13.5. The molecule has 0 amide bonds. The van der Waals surface area contributed by atoms with Crippen LogP contribution in [0.3, 0.4) is 0 Å². The maximum absolute atomic E-state index is 6.64. The van der Waals surface area contributed by atoms with Crippen LogP contribution in [0.15, 0.2) is 247 Å². The van der Waals surface area contributed by atoms with Crippen molar-refractivity contribution in [2.24, 2.45) is 0 Å². The monoisotopic (exact) mass is 832 g/mol. The van der Waals surface area contributed by atoms with Crippen molar-refractivity contribution < 1.29 is 4.42 Å². The van der Waals surface area contributed by atoms with E-state index in [-0.39, 0.29) is 0 Å². The van der Waals surface area contributed by atoms with Crippen LogP contribution in [0.2, 0.25) is 0 Å². The van der Waals surface area contributed by atoms with Gasteiger partial charge in [-0.2, -0.15) is 0 Å². The molecule has 0 bridgehead atoms. The average molecular weight is 833 g/mol. The summed E-state index contributed by atoms with van der Waals surface area (Å²) in [6.07, 6.45) is 0. The predicted octanol–water partition coefficient (Wildman–Crippen LogP) is 12.8. The van der Waals surface area contributed by atoms with Crippen molar-refractivity contribution in [2.45, 2.75) is 0 Å². The van der Waals surface area contributed by atoms with Gasteiger partial charge in [-0.25, -0.2) is 0 Å². The lowest BCUT2D eigenvalue weighted by Gasteiger charge is -2.34. The fourth-order valence-electron chi connectivity index (χ4n) is 10.9. The highest BCUT2D eigenvalue weighted by atomic mass is 28.3. The molecule has 3 heterocycles. The van der Waals surface area contributed by atoms with E-state index in [1.54, 1.807) is 0 Å². The van der Waals surface area contributed by atoms with Gasteiger partial charge in [-0.3, -0.25) is 0 Å². The Kier molecular flexibility index (Phi) is 8.23. The van der Waals surface area contributed by atoms with Crippen LogP contribution in [0, 0.1) is 0 Å². The molecule has 10 aromatic carbocycles. The van der Waals surface area contributed by atoms with Crippen LogP contribution in [0.25, 0.3) is 88.1 Å². The van der Waals surface area contributed by atoms with Crippen molar-refractivity contribution in [3.05, 3.63) is 243 Å². The van der Waals surface area contributed by atoms with Gasteiger partial charge in [0.05, 0.1) is 27.8 Å². The molecule has 0 unspecified atom stereocenters. The quantitative estimate of drug-likeness (QED) is 0.116. The minimum absolute atomic E-state index is 0.904. The predicted molar refractivity (Wildman–Crippen MR) is 271 cm³/mol. The van der Waals surface area contributed by atoms with Gasteiger partial charge in [0, 0.05) is 43.6 Å². The SMILES string of the molecule is c1ccc([Si](c2ccccc2)(c2ccccc2)c2cccc(-n3c4ccccc4c4c(-n5c6ccccc6c6c(-c7cccc8c7oc7ccccc78)cccc65)cccc43)c2)cc1. The summed E-state index contributed by atoms with van der Waals surface area (Å²) in [4.78, 5) is 0. The highest BCUT2D eigenvalue weighted by Crippen LogP contribution is 2.44. The first-order chi connectivity index (χ1) is 31.8. The summed E-state index contributed by atoms with van der Waals surface area (Å²) in [5, 5.41) is 12.5. The molecule has 0 N–H and O–H groups in total. The Labute approximate surface area is 371 Å². The third-order valence-corrected chi connectivity index (χ3v) is 18.2. The molecule has 3 nitrogen and oxygen atoms in total. The molecule has 3 aromatic heterocycles. The number of aromatic nitrogens is 2. The highest BCUT2D eigenvalue weighted by molar-refractivity contribution is 7.19. The van der Waals surface area contributed by atoms with E-state index in [4.69, 9.17) is 4.42 Å². The fraction of sp³-hybridized carbons (Fsp3) is 0. The van der Waals surface area contributed by atoms with Crippen LogP contribution in [0.4, 0.5) is 0 Å². The maximum Gasteiger partial charge on any atom is 0.179 e. The van der Waals surface area contributed by atoms with E-state index in [0.717, 1.165) is 61.0 Å². The Morgan fingerprint density at radius 1 is 0.312 bits per heavy atom. The number of nitrogens with zero attached hydrogens (tertiary/aromatic N) is 2. The van der Waals surface area contributed by atoms with Crippen LogP contribution >= 0.6 is 0 Å². The number of hydrogen-bond acceptors (Lipinski definition) is 1. The number of hydrogen-bond donors (Lipinski definition) is 0. The molecule has 0 aliphatic heterocycles. The molecule has 0 radical (unpaired) electrons. The number of fused-ring (bicyclic) bond motifs is 9. The van der Waals surface area contributed by atoms with Crippen LogP contribution in [0.5, 0.6) is 0 Å². The molecule has 4 heteroatoms. The molecule has 300 valence electrons. The standard InChI is InChI=1S/C60H40N2OSi/c1-4-21-42(22-5-1)64(43-23-6-2-7-24-43,44-25-8-3-9-26-44)45-27-16-20-41(40-45)61-52-34-13-11-30-51(52)59-55(61)37-19-38-56(59)62-53-35-14-10-29-50(53)58-47(31-18-36-54(58)62)49-33-17-32-48-46-28-12-15-39-57(46)63-60(48)49/h1-40H. The van der Waals surface area contributed by atoms with E-state index in [0.29, 0.717) is 0 Å². The van der Waals surface area contributed by atoms with Crippen molar-refractivity contribution in [3.63, 3.8) is 0 Å². The molecule has 0 saturated carbocycles. The number of para-hydroxylation sites is 4. The van der Waals surface area contributed by atoms with Crippen molar-refractivity contribution in [3.8, 4) is 22.5 Å². The second kappa shape index (κ2) is 14.5. The minimum atomic E-state index is -2.78. The lowest BCUT2D eigenvalue weighted by molar-refractivity contribution is 0.670. The van der Waals surface area contributed by atoms with Crippen LogP contribution in [-0.4, -0.2) is 17.2 Å². The summed E-state index contributed by atoms with van der Waals surface area (Å²) in [5.41, 5.74) is 11.0. The lowest BCUT2D eigenvalue weighted by Crippen LogP contribution is -2.74. The molecule has 0 saturated heterocycles. The molecular weight excluding hydrogens is 793 g/mol. The highest BCUT2D eigenvalue weighted by Gasteiger charge is 2.41. The summed E-state index contributed by atoms with van der Waals surface area (Å²) < 4.78 is 11.6. The molecule has 0 aliphatic carbocycles. The first kappa shape index (κ1) is 36.5. The maximum atomic E-state index is 6.64. The molecule has 64 heavy (non-hydrogen) atoms. The molecule has 0 atom stereocenters.